The van der Waals surface area contributed by atoms with Gasteiger partial charge in [0.2, 0.25) is 0 Å². The van der Waals surface area contributed by atoms with Gasteiger partial charge in [-0.1, -0.05) is 52.9 Å². The summed E-state index contributed by atoms with van der Waals surface area (Å²) >= 11 is 0. The van der Waals surface area contributed by atoms with Crippen LogP contribution in [0.25, 0.3) is 0 Å². The maximum Gasteiger partial charge on any atom is 0.00672 e. The monoisotopic (exact) mass is 253 g/mol. The lowest BCUT2D eigenvalue weighted by Gasteiger charge is -2.31. The van der Waals surface area contributed by atoms with E-state index < -0.39 is 0 Å². The summed E-state index contributed by atoms with van der Waals surface area (Å²) in [5, 5.41) is 3.77. The second-order valence-electron chi connectivity index (χ2n) is 6.58. The van der Waals surface area contributed by atoms with E-state index in [1.54, 1.807) is 0 Å². The summed E-state index contributed by atoms with van der Waals surface area (Å²) in [6.07, 6.45) is 14.2. The molecular formula is C17H35N. The smallest absolute Gasteiger partial charge is 0.00672 e. The second kappa shape index (κ2) is 9.83. The minimum Gasteiger partial charge on any atom is -0.314 e. The van der Waals surface area contributed by atoms with Gasteiger partial charge in [0.15, 0.2) is 0 Å². The van der Waals surface area contributed by atoms with E-state index in [9.17, 15) is 0 Å². The SMILES string of the molecule is CCCCCCCCNC1CCC(C(C)C)CC1. The maximum absolute atomic E-state index is 3.77. The highest BCUT2D eigenvalue weighted by atomic mass is 14.9. The van der Waals surface area contributed by atoms with Crippen molar-refractivity contribution in [2.75, 3.05) is 6.54 Å². The zero-order valence-electron chi connectivity index (χ0n) is 13.0. The van der Waals surface area contributed by atoms with Gasteiger partial charge in [0.05, 0.1) is 0 Å². The third-order valence-corrected chi connectivity index (χ3v) is 4.68. The molecule has 1 nitrogen and oxygen atoms in total. The van der Waals surface area contributed by atoms with Gasteiger partial charge >= 0.3 is 0 Å². The number of hydrogen-bond donors (Lipinski definition) is 1. The average molecular weight is 253 g/mol. The fourth-order valence-corrected chi connectivity index (χ4v) is 3.20. The molecule has 1 heteroatoms. The van der Waals surface area contributed by atoms with Crippen molar-refractivity contribution in [1.29, 1.82) is 0 Å². The van der Waals surface area contributed by atoms with Crippen LogP contribution in [0.3, 0.4) is 0 Å². The van der Waals surface area contributed by atoms with E-state index in [1.807, 2.05) is 0 Å². The summed E-state index contributed by atoms with van der Waals surface area (Å²) in [5.41, 5.74) is 0. The molecule has 0 spiro atoms. The molecule has 0 radical (unpaired) electrons. The van der Waals surface area contributed by atoms with Crippen molar-refractivity contribution >= 4 is 0 Å². The summed E-state index contributed by atoms with van der Waals surface area (Å²) in [6, 6.07) is 0.829. The Labute approximate surface area is 115 Å². The van der Waals surface area contributed by atoms with Crippen molar-refractivity contribution < 1.29 is 0 Å². The topological polar surface area (TPSA) is 12.0 Å². The van der Waals surface area contributed by atoms with Gasteiger partial charge in [-0.25, -0.2) is 0 Å². The molecular weight excluding hydrogens is 218 g/mol. The Morgan fingerprint density at radius 1 is 0.889 bits per heavy atom. The van der Waals surface area contributed by atoms with Gasteiger partial charge in [0.1, 0.15) is 0 Å². The Hall–Kier alpha value is -0.0400. The second-order valence-corrected chi connectivity index (χ2v) is 6.58. The Bertz CT molecular complexity index is 180. The minimum atomic E-state index is 0.829. The molecule has 0 saturated heterocycles. The lowest BCUT2D eigenvalue weighted by Crippen LogP contribution is -2.34. The molecule has 1 aliphatic carbocycles. The fraction of sp³-hybridized carbons (Fsp3) is 1.00. The first-order valence-corrected chi connectivity index (χ1v) is 8.47. The average Bonchev–Trinajstić information content (AvgIpc) is 2.38. The summed E-state index contributed by atoms with van der Waals surface area (Å²) in [6.45, 7) is 8.31. The highest BCUT2D eigenvalue weighted by Gasteiger charge is 2.22. The molecule has 0 aromatic heterocycles. The molecule has 18 heavy (non-hydrogen) atoms. The normalized spacial score (nSPS) is 24.7. The van der Waals surface area contributed by atoms with Gasteiger partial charge in [-0.3, -0.25) is 0 Å². The van der Waals surface area contributed by atoms with Gasteiger partial charge < -0.3 is 5.32 Å². The largest absolute Gasteiger partial charge is 0.314 e. The predicted molar refractivity (Wildman–Crippen MR) is 82.0 cm³/mol. The predicted octanol–water partition coefficient (Wildman–Crippen LogP) is 5.15. The first-order chi connectivity index (χ1) is 8.74. The van der Waals surface area contributed by atoms with E-state index in [-0.39, 0.29) is 0 Å². The zero-order chi connectivity index (χ0) is 13.2. The van der Waals surface area contributed by atoms with Gasteiger partial charge in [0.25, 0.3) is 0 Å². The summed E-state index contributed by atoms with van der Waals surface area (Å²) in [4.78, 5) is 0. The molecule has 1 fully saturated rings. The number of nitrogens with one attached hydrogen (secondary N) is 1. The van der Waals surface area contributed by atoms with Gasteiger partial charge in [-0.2, -0.15) is 0 Å². The zero-order valence-corrected chi connectivity index (χ0v) is 13.0. The maximum atomic E-state index is 3.77. The number of rotatable bonds is 9. The highest BCUT2D eigenvalue weighted by Crippen LogP contribution is 2.29. The molecule has 108 valence electrons. The van der Waals surface area contributed by atoms with Crippen LogP contribution < -0.4 is 5.32 Å². The lowest BCUT2D eigenvalue weighted by atomic mass is 9.80. The number of unbranched alkanes of at least 4 members (excludes halogenated alkanes) is 5. The molecule has 0 aliphatic heterocycles. The summed E-state index contributed by atoms with van der Waals surface area (Å²) < 4.78 is 0. The van der Waals surface area contributed by atoms with Crippen molar-refractivity contribution in [3.8, 4) is 0 Å². The Morgan fingerprint density at radius 3 is 2.11 bits per heavy atom. The van der Waals surface area contributed by atoms with E-state index in [0.29, 0.717) is 0 Å². The van der Waals surface area contributed by atoms with E-state index in [1.165, 1.54) is 70.8 Å². The molecule has 0 aromatic carbocycles. The van der Waals surface area contributed by atoms with Crippen LogP contribution in [0, 0.1) is 11.8 Å². The van der Waals surface area contributed by atoms with E-state index in [4.69, 9.17) is 0 Å². The van der Waals surface area contributed by atoms with Crippen molar-refractivity contribution in [1.82, 2.24) is 5.32 Å². The van der Waals surface area contributed by atoms with Gasteiger partial charge in [-0.15, -0.1) is 0 Å². The van der Waals surface area contributed by atoms with Crippen LogP contribution in [-0.4, -0.2) is 12.6 Å². The Kier molecular flexibility index (Phi) is 8.75. The van der Waals surface area contributed by atoms with E-state index in [0.717, 1.165) is 17.9 Å². The van der Waals surface area contributed by atoms with Crippen LogP contribution in [-0.2, 0) is 0 Å². The van der Waals surface area contributed by atoms with Crippen molar-refractivity contribution in [2.24, 2.45) is 11.8 Å². The van der Waals surface area contributed by atoms with Crippen molar-refractivity contribution in [3.05, 3.63) is 0 Å². The third kappa shape index (κ3) is 6.78. The molecule has 1 N–H and O–H groups in total. The van der Waals surface area contributed by atoms with Crippen LogP contribution >= 0.6 is 0 Å². The van der Waals surface area contributed by atoms with Crippen molar-refractivity contribution in [3.63, 3.8) is 0 Å². The summed E-state index contributed by atoms with van der Waals surface area (Å²) in [5.74, 6) is 1.89. The minimum absolute atomic E-state index is 0.829. The summed E-state index contributed by atoms with van der Waals surface area (Å²) in [7, 11) is 0. The lowest BCUT2D eigenvalue weighted by molar-refractivity contribution is 0.238. The van der Waals surface area contributed by atoms with Crippen LogP contribution in [0.1, 0.15) is 85.0 Å². The Morgan fingerprint density at radius 2 is 1.50 bits per heavy atom. The van der Waals surface area contributed by atoms with Gasteiger partial charge in [0, 0.05) is 6.04 Å². The quantitative estimate of drug-likeness (QED) is 0.560. The third-order valence-electron chi connectivity index (χ3n) is 4.68. The standard InChI is InChI=1S/C17H35N/c1-4-5-6-7-8-9-14-18-17-12-10-16(11-13-17)15(2)3/h15-18H,4-14H2,1-3H3. The Balaban J connectivity index is 1.91. The molecule has 0 atom stereocenters. The molecule has 0 amide bonds. The van der Waals surface area contributed by atoms with E-state index in [2.05, 4.69) is 26.1 Å². The van der Waals surface area contributed by atoms with Crippen LogP contribution in [0.15, 0.2) is 0 Å². The first kappa shape index (κ1) is 16.0. The van der Waals surface area contributed by atoms with Crippen molar-refractivity contribution in [2.45, 2.75) is 91.0 Å². The first-order valence-electron chi connectivity index (χ1n) is 8.47. The molecule has 0 aromatic rings. The molecule has 1 aliphatic rings. The van der Waals surface area contributed by atoms with E-state index >= 15 is 0 Å². The van der Waals surface area contributed by atoms with Gasteiger partial charge in [-0.05, 0) is 50.5 Å². The molecule has 1 rings (SSSR count). The molecule has 0 heterocycles. The van der Waals surface area contributed by atoms with Crippen LogP contribution in [0.2, 0.25) is 0 Å². The molecule has 0 bridgehead atoms. The molecule has 1 saturated carbocycles. The number of hydrogen-bond acceptors (Lipinski definition) is 1. The van der Waals surface area contributed by atoms with Crippen LogP contribution in [0.4, 0.5) is 0 Å². The fourth-order valence-electron chi connectivity index (χ4n) is 3.20. The highest BCUT2D eigenvalue weighted by molar-refractivity contribution is 4.78. The molecule has 0 unspecified atom stereocenters. The van der Waals surface area contributed by atoms with Crippen LogP contribution in [0.5, 0.6) is 0 Å².